The van der Waals surface area contributed by atoms with Gasteiger partial charge >= 0.3 is 0 Å². The lowest BCUT2D eigenvalue weighted by Gasteiger charge is -2.15. The molecule has 0 aliphatic carbocycles. The van der Waals surface area contributed by atoms with E-state index in [4.69, 9.17) is 4.52 Å². The first-order chi connectivity index (χ1) is 10.1. The molecule has 6 heteroatoms. The third-order valence-corrected chi connectivity index (χ3v) is 3.18. The van der Waals surface area contributed by atoms with Crippen molar-refractivity contribution in [3.8, 4) is 0 Å². The van der Waals surface area contributed by atoms with E-state index in [-0.39, 0.29) is 12.5 Å². The van der Waals surface area contributed by atoms with E-state index >= 15 is 0 Å². The Balaban J connectivity index is 1.88. The van der Waals surface area contributed by atoms with Gasteiger partial charge in [0.25, 0.3) is 0 Å². The van der Waals surface area contributed by atoms with Gasteiger partial charge in [-0.25, -0.2) is 0 Å². The van der Waals surface area contributed by atoms with E-state index in [9.17, 15) is 4.79 Å². The number of hydrogen-bond acceptors (Lipinski definition) is 5. The summed E-state index contributed by atoms with van der Waals surface area (Å²) in [7, 11) is 1.87. The Hall–Kier alpha value is -2.21. The highest BCUT2D eigenvalue weighted by Gasteiger charge is 2.14. The van der Waals surface area contributed by atoms with Crippen LogP contribution in [0.25, 0.3) is 0 Å². The van der Waals surface area contributed by atoms with Crippen molar-refractivity contribution in [2.45, 2.75) is 26.8 Å². The zero-order valence-electron chi connectivity index (χ0n) is 12.6. The first-order valence-corrected chi connectivity index (χ1v) is 6.93. The van der Waals surface area contributed by atoms with Crippen LogP contribution in [0.4, 0.5) is 5.88 Å². The lowest BCUT2D eigenvalue weighted by Crippen LogP contribution is -2.30. The van der Waals surface area contributed by atoms with Crippen molar-refractivity contribution in [3.63, 3.8) is 0 Å². The van der Waals surface area contributed by atoms with Gasteiger partial charge < -0.3 is 4.52 Å². The highest BCUT2D eigenvalue weighted by atomic mass is 16.5. The molecule has 0 spiro atoms. The first kappa shape index (κ1) is 15.2. The number of nitrogens with one attached hydrogen (secondary N) is 1. The number of aromatic nitrogens is 2. The van der Waals surface area contributed by atoms with E-state index in [1.807, 2.05) is 44.0 Å². The van der Waals surface area contributed by atoms with E-state index < -0.39 is 0 Å². The number of hydrogen-bond donors (Lipinski definition) is 1. The number of anilines is 1. The average molecular weight is 288 g/mol. The maximum atomic E-state index is 12.0. The Bertz CT molecular complexity index is 595. The molecule has 0 aliphatic rings. The topological polar surface area (TPSA) is 71.3 Å². The van der Waals surface area contributed by atoms with Gasteiger partial charge in [-0.05, 0) is 32.5 Å². The Morgan fingerprint density at radius 1 is 1.43 bits per heavy atom. The Morgan fingerprint density at radius 2 is 2.24 bits per heavy atom. The van der Waals surface area contributed by atoms with Crippen LogP contribution in [0.3, 0.4) is 0 Å². The van der Waals surface area contributed by atoms with Crippen LogP contribution in [0.15, 0.2) is 28.9 Å². The summed E-state index contributed by atoms with van der Waals surface area (Å²) in [6.45, 7) is 4.77. The molecular weight excluding hydrogens is 268 g/mol. The van der Waals surface area contributed by atoms with Crippen LogP contribution in [-0.4, -0.2) is 34.5 Å². The lowest BCUT2D eigenvalue weighted by atomic mass is 10.2. The molecule has 0 atom stereocenters. The normalized spacial score (nSPS) is 10.9. The molecule has 21 heavy (non-hydrogen) atoms. The first-order valence-electron chi connectivity index (χ1n) is 6.93. The molecule has 0 saturated carbocycles. The summed E-state index contributed by atoms with van der Waals surface area (Å²) in [5, 5.41) is 6.67. The highest BCUT2D eigenvalue weighted by Crippen LogP contribution is 2.18. The lowest BCUT2D eigenvalue weighted by molar-refractivity contribution is -0.117. The predicted molar refractivity (Wildman–Crippen MR) is 79.8 cm³/mol. The molecule has 2 heterocycles. The molecular formula is C15H20N4O2. The summed E-state index contributed by atoms with van der Waals surface area (Å²) in [5.74, 6) is 0.304. The number of amides is 1. The largest absolute Gasteiger partial charge is 0.338 e. The Morgan fingerprint density at radius 3 is 2.86 bits per heavy atom. The minimum absolute atomic E-state index is 0.129. The second-order valence-electron chi connectivity index (χ2n) is 4.98. The van der Waals surface area contributed by atoms with Gasteiger partial charge in [0.05, 0.1) is 17.9 Å². The molecule has 0 aromatic carbocycles. The summed E-state index contributed by atoms with van der Waals surface area (Å²) in [4.78, 5) is 18.1. The predicted octanol–water partition coefficient (Wildman–Crippen LogP) is 2.01. The van der Waals surface area contributed by atoms with E-state index in [2.05, 4.69) is 15.5 Å². The maximum Gasteiger partial charge on any atom is 0.240 e. The summed E-state index contributed by atoms with van der Waals surface area (Å²) in [6, 6.07) is 5.73. The quantitative estimate of drug-likeness (QED) is 0.880. The second kappa shape index (κ2) is 6.99. The van der Waals surface area contributed by atoms with Gasteiger partial charge in [-0.1, -0.05) is 18.1 Å². The summed E-state index contributed by atoms with van der Waals surface area (Å²) in [6.07, 6.45) is 2.53. The molecule has 1 amide bonds. The van der Waals surface area contributed by atoms with Gasteiger partial charge in [0.15, 0.2) is 0 Å². The van der Waals surface area contributed by atoms with Crippen LogP contribution < -0.4 is 5.32 Å². The molecule has 0 fully saturated rings. The number of pyridine rings is 1. The molecule has 1 N–H and O–H groups in total. The number of likely N-dealkylation sites (N-methyl/N-ethyl adjacent to an activating group) is 1. The van der Waals surface area contributed by atoms with Crippen molar-refractivity contribution >= 4 is 11.8 Å². The van der Waals surface area contributed by atoms with Gasteiger partial charge in [-0.15, -0.1) is 0 Å². The fourth-order valence-electron chi connectivity index (χ4n) is 2.05. The zero-order chi connectivity index (χ0) is 15.2. The molecule has 112 valence electrons. The fraction of sp³-hybridized carbons (Fsp3) is 0.400. The van der Waals surface area contributed by atoms with Crippen LogP contribution in [0, 0.1) is 6.92 Å². The van der Waals surface area contributed by atoms with Crippen LogP contribution in [-0.2, 0) is 17.8 Å². The van der Waals surface area contributed by atoms with Gasteiger partial charge in [-0.3, -0.25) is 20.0 Å². The Kier molecular flexibility index (Phi) is 5.05. The van der Waals surface area contributed by atoms with Gasteiger partial charge in [0, 0.05) is 18.3 Å². The average Bonchev–Trinajstić information content (AvgIpc) is 2.80. The molecule has 2 aromatic heterocycles. The van der Waals surface area contributed by atoms with Gasteiger partial charge in [0.1, 0.15) is 0 Å². The monoisotopic (exact) mass is 288 g/mol. The van der Waals surface area contributed by atoms with E-state index in [0.29, 0.717) is 12.4 Å². The molecule has 0 aliphatic heterocycles. The van der Waals surface area contributed by atoms with Gasteiger partial charge in [0.2, 0.25) is 11.8 Å². The number of nitrogens with zero attached hydrogens (tertiary/aromatic N) is 3. The van der Waals surface area contributed by atoms with Crippen molar-refractivity contribution in [1.82, 2.24) is 15.0 Å². The maximum absolute atomic E-state index is 12.0. The molecule has 0 bridgehead atoms. The summed E-state index contributed by atoms with van der Waals surface area (Å²) >= 11 is 0. The third kappa shape index (κ3) is 4.13. The number of carbonyl (C=O) groups excluding carboxylic acids is 1. The van der Waals surface area contributed by atoms with Crippen LogP contribution in [0.1, 0.15) is 23.9 Å². The second-order valence-corrected chi connectivity index (χ2v) is 4.98. The molecule has 0 unspecified atom stereocenters. The van der Waals surface area contributed by atoms with E-state index in [1.165, 1.54) is 0 Å². The molecule has 0 saturated heterocycles. The van der Waals surface area contributed by atoms with Gasteiger partial charge in [-0.2, -0.15) is 0 Å². The number of rotatable bonds is 6. The highest BCUT2D eigenvalue weighted by molar-refractivity contribution is 5.91. The molecule has 2 aromatic rings. The fourth-order valence-corrected chi connectivity index (χ4v) is 2.05. The third-order valence-electron chi connectivity index (χ3n) is 3.18. The van der Waals surface area contributed by atoms with Crippen molar-refractivity contribution in [2.75, 3.05) is 18.9 Å². The molecule has 0 radical (unpaired) electrons. The minimum atomic E-state index is -0.129. The minimum Gasteiger partial charge on any atom is -0.338 e. The standard InChI is InChI=1S/C15H20N4O2/c1-4-13-11(2)15(21-18-13)17-14(20)10-19(3)9-12-7-5-6-8-16-12/h5-8H,4,9-10H2,1-3H3,(H,17,20). The van der Waals surface area contributed by atoms with Crippen LogP contribution in [0.2, 0.25) is 0 Å². The molecule has 2 rings (SSSR count). The molecule has 6 nitrogen and oxygen atoms in total. The summed E-state index contributed by atoms with van der Waals surface area (Å²) in [5.41, 5.74) is 2.68. The van der Waals surface area contributed by atoms with E-state index in [0.717, 1.165) is 23.4 Å². The Labute approximate surface area is 124 Å². The smallest absolute Gasteiger partial charge is 0.240 e. The van der Waals surface area contributed by atoms with E-state index in [1.54, 1.807) is 6.20 Å². The summed E-state index contributed by atoms with van der Waals surface area (Å²) < 4.78 is 5.14. The van der Waals surface area contributed by atoms with Crippen molar-refractivity contribution < 1.29 is 9.32 Å². The van der Waals surface area contributed by atoms with Crippen molar-refractivity contribution in [1.29, 1.82) is 0 Å². The number of carbonyl (C=O) groups is 1. The van der Waals surface area contributed by atoms with Crippen LogP contribution >= 0.6 is 0 Å². The SMILES string of the molecule is CCc1noc(NC(=O)CN(C)Cc2ccccn2)c1C. The van der Waals surface area contributed by atoms with Crippen LogP contribution in [0.5, 0.6) is 0 Å². The zero-order valence-corrected chi connectivity index (χ0v) is 12.6. The number of aryl methyl sites for hydroxylation is 1. The van der Waals surface area contributed by atoms with Crippen molar-refractivity contribution in [2.24, 2.45) is 0 Å². The van der Waals surface area contributed by atoms with Crippen molar-refractivity contribution in [3.05, 3.63) is 41.3 Å².